The van der Waals surface area contributed by atoms with Crippen LogP contribution in [0, 0.1) is 6.92 Å². The topological polar surface area (TPSA) is 75.6 Å². The zero-order valence-corrected chi connectivity index (χ0v) is 14.2. The highest BCUT2D eigenvalue weighted by atomic mass is 16.4. The molecule has 2 heterocycles. The molecule has 24 heavy (non-hydrogen) atoms. The summed E-state index contributed by atoms with van der Waals surface area (Å²) in [6.07, 6.45) is 2.90. The summed E-state index contributed by atoms with van der Waals surface area (Å²) < 4.78 is 5.56. The van der Waals surface area contributed by atoms with Crippen molar-refractivity contribution in [1.82, 2.24) is 14.8 Å². The first-order valence-electron chi connectivity index (χ1n) is 8.24. The summed E-state index contributed by atoms with van der Waals surface area (Å²) in [6, 6.07) is 8.05. The number of likely N-dealkylation sites (tertiary alicyclic amines) is 1. The Kier molecular flexibility index (Phi) is 4.97. The third-order valence-corrected chi connectivity index (χ3v) is 4.57. The molecule has 0 saturated carbocycles. The van der Waals surface area contributed by atoms with Gasteiger partial charge in [-0.1, -0.05) is 12.1 Å². The molecule has 0 unspecified atom stereocenters. The summed E-state index contributed by atoms with van der Waals surface area (Å²) in [4.78, 5) is 20.1. The predicted octanol–water partition coefficient (Wildman–Crippen LogP) is 1.79. The number of primary amides is 1. The van der Waals surface area contributed by atoms with E-state index in [2.05, 4.69) is 21.8 Å². The highest BCUT2D eigenvalue weighted by Crippen LogP contribution is 2.19. The molecule has 0 radical (unpaired) electrons. The lowest BCUT2D eigenvalue weighted by atomic mass is 10.1. The number of aryl methyl sites for hydroxylation is 1. The third kappa shape index (κ3) is 4.01. The van der Waals surface area contributed by atoms with E-state index in [0.29, 0.717) is 11.6 Å². The molecule has 0 aliphatic carbocycles. The fourth-order valence-corrected chi connectivity index (χ4v) is 3.17. The van der Waals surface area contributed by atoms with Crippen LogP contribution in [-0.4, -0.2) is 46.9 Å². The molecule has 1 amide bonds. The first-order valence-corrected chi connectivity index (χ1v) is 8.24. The smallest absolute Gasteiger partial charge is 0.248 e. The first-order chi connectivity index (χ1) is 11.5. The van der Waals surface area contributed by atoms with Crippen LogP contribution in [0.1, 0.15) is 34.0 Å². The lowest BCUT2D eigenvalue weighted by Crippen LogP contribution is -2.34. The maximum Gasteiger partial charge on any atom is 0.248 e. The molecule has 1 aromatic heterocycles. The molecule has 2 aromatic rings. The highest BCUT2D eigenvalue weighted by molar-refractivity contribution is 5.92. The van der Waals surface area contributed by atoms with Crippen LogP contribution >= 0.6 is 0 Å². The van der Waals surface area contributed by atoms with Crippen molar-refractivity contribution in [3.63, 3.8) is 0 Å². The number of hydrogen-bond acceptors (Lipinski definition) is 5. The monoisotopic (exact) mass is 328 g/mol. The van der Waals surface area contributed by atoms with Gasteiger partial charge >= 0.3 is 0 Å². The summed E-state index contributed by atoms with van der Waals surface area (Å²) in [5.41, 5.74) is 7.03. The third-order valence-electron chi connectivity index (χ3n) is 4.57. The number of likely N-dealkylation sites (N-methyl/N-ethyl adjacent to an activating group) is 1. The van der Waals surface area contributed by atoms with Gasteiger partial charge in [0.2, 0.25) is 11.8 Å². The van der Waals surface area contributed by atoms with Gasteiger partial charge in [0.15, 0.2) is 0 Å². The number of rotatable bonds is 6. The Bertz CT molecular complexity index is 695. The quantitative estimate of drug-likeness (QED) is 0.875. The summed E-state index contributed by atoms with van der Waals surface area (Å²) in [7, 11) is 2.12. The Hall–Kier alpha value is -2.18. The normalized spacial score (nSPS) is 18.4. The van der Waals surface area contributed by atoms with E-state index in [4.69, 9.17) is 10.2 Å². The molecule has 128 valence electrons. The molecular weight excluding hydrogens is 304 g/mol. The van der Waals surface area contributed by atoms with E-state index in [0.717, 1.165) is 44.3 Å². The summed E-state index contributed by atoms with van der Waals surface area (Å²) >= 11 is 0. The average molecular weight is 328 g/mol. The van der Waals surface area contributed by atoms with Crippen molar-refractivity contribution in [2.75, 3.05) is 20.1 Å². The molecule has 1 aliphatic heterocycles. The Morgan fingerprint density at radius 1 is 1.42 bits per heavy atom. The van der Waals surface area contributed by atoms with E-state index in [1.54, 1.807) is 18.3 Å². The van der Waals surface area contributed by atoms with E-state index in [-0.39, 0.29) is 5.91 Å². The molecule has 3 rings (SSSR count). The number of hydrogen-bond donors (Lipinski definition) is 1. The number of nitrogens with zero attached hydrogens (tertiary/aromatic N) is 3. The molecule has 1 aliphatic rings. The van der Waals surface area contributed by atoms with Crippen LogP contribution < -0.4 is 5.73 Å². The van der Waals surface area contributed by atoms with Gasteiger partial charge in [-0.15, -0.1) is 0 Å². The standard InChI is InChI=1S/C18H24N4O2/c1-13-9-20-17(24-13)12-21(2)16-7-8-22(11-16)10-14-3-5-15(6-4-14)18(19)23/h3-6,9,16H,7-8,10-12H2,1-2H3,(H2,19,23)/t16-/m1/s1. The van der Waals surface area contributed by atoms with E-state index in [1.807, 2.05) is 19.1 Å². The van der Waals surface area contributed by atoms with Crippen LogP contribution in [-0.2, 0) is 13.1 Å². The Morgan fingerprint density at radius 2 is 2.17 bits per heavy atom. The number of carbonyl (C=O) groups is 1. The zero-order chi connectivity index (χ0) is 17.1. The van der Waals surface area contributed by atoms with Gasteiger partial charge in [0, 0.05) is 31.2 Å². The molecule has 6 heteroatoms. The van der Waals surface area contributed by atoms with Gasteiger partial charge in [-0.25, -0.2) is 4.98 Å². The average Bonchev–Trinajstić information content (AvgIpc) is 3.17. The zero-order valence-electron chi connectivity index (χ0n) is 14.2. The van der Waals surface area contributed by atoms with Crippen molar-refractivity contribution in [3.05, 3.63) is 53.2 Å². The second-order valence-corrected chi connectivity index (χ2v) is 6.52. The Balaban J connectivity index is 1.52. The van der Waals surface area contributed by atoms with Crippen molar-refractivity contribution >= 4 is 5.91 Å². The number of carbonyl (C=O) groups excluding carboxylic acids is 1. The fourth-order valence-electron chi connectivity index (χ4n) is 3.17. The minimum Gasteiger partial charge on any atom is -0.445 e. The lowest BCUT2D eigenvalue weighted by Gasteiger charge is -2.23. The van der Waals surface area contributed by atoms with Crippen LogP contribution in [0.3, 0.4) is 0 Å². The molecule has 0 bridgehead atoms. The van der Waals surface area contributed by atoms with Gasteiger partial charge in [0.25, 0.3) is 0 Å². The number of aromatic nitrogens is 1. The largest absolute Gasteiger partial charge is 0.445 e. The van der Waals surface area contributed by atoms with Gasteiger partial charge in [-0.05, 0) is 38.1 Å². The second-order valence-electron chi connectivity index (χ2n) is 6.52. The minimum atomic E-state index is -0.383. The number of amides is 1. The summed E-state index contributed by atoms with van der Waals surface area (Å²) in [5.74, 6) is 1.24. The molecule has 1 fully saturated rings. The van der Waals surface area contributed by atoms with Crippen molar-refractivity contribution in [2.24, 2.45) is 5.73 Å². The number of oxazole rings is 1. The van der Waals surface area contributed by atoms with Crippen LogP contribution in [0.5, 0.6) is 0 Å². The SMILES string of the molecule is Cc1cnc(CN(C)[C@@H]2CCN(Cc3ccc(C(N)=O)cc3)C2)o1. The number of benzene rings is 1. The molecule has 1 saturated heterocycles. The molecule has 0 spiro atoms. The molecule has 2 N–H and O–H groups in total. The molecule has 1 aromatic carbocycles. The van der Waals surface area contributed by atoms with Crippen molar-refractivity contribution < 1.29 is 9.21 Å². The second kappa shape index (κ2) is 7.15. The van der Waals surface area contributed by atoms with Gasteiger partial charge < -0.3 is 10.2 Å². The van der Waals surface area contributed by atoms with Crippen molar-refractivity contribution in [1.29, 1.82) is 0 Å². The Morgan fingerprint density at radius 3 is 2.79 bits per heavy atom. The van der Waals surface area contributed by atoms with Crippen LogP contribution in [0.4, 0.5) is 0 Å². The van der Waals surface area contributed by atoms with Gasteiger partial charge in [0.05, 0.1) is 12.7 Å². The van der Waals surface area contributed by atoms with Gasteiger partial charge in [-0.3, -0.25) is 14.6 Å². The van der Waals surface area contributed by atoms with Crippen LogP contribution in [0.15, 0.2) is 34.9 Å². The Labute approximate surface area is 142 Å². The highest BCUT2D eigenvalue weighted by Gasteiger charge is 2.26. The van der Waals surface area contributed by atoms with Crippen LogP contribution in [0.2, 0.25) is 0 Å². The van der Waals surface area contributed by atoms with E-state index in [1.165, 1.54) is 5.56 Å². The fraction of sp³-hybridized carbons (Fsp3) is 0.444. The van der Waals surface area contributed by atoms with E-state index in [9.17, 15) is 4.79 Å². The van der Waals surface area contributed by atoms with E-state index >= 15 is 0 Å². The number of nitrogens with two attached hydrogens (primary N) is 1. The molecule has 1 atom stereocenters. The van der Waals surface area contributed by atoms with Crippen molar-refractivity contribution in [2.45, 2.75) is 32.5 Å². The molecular formula is C18H24N4O2. The maximum absolute atomic E-state index is 11.1. The maximum atomic E-state index is 11.1. The minimum absolute atomic E-state index is 0.383. The van der Waals surface area contributed by atoms with E-state index < -0.39 is 0 Å². The summed E-state index contributed by atoms with van der Waals surface area (Å²) in [5, 5.41) is 0. The lowest BCUT2D eigenvalue weighted by molar-refractivity contribution is 0.100. The predicted molar refractivity (Wildman–Crippen MR) is 91.3 cm³/mol. The molecule has 6 nitrogen and oxygen atoms in total. The van der Waals surface area contributed by atoms with Crippen LogP contribution in [0.25, 0.3) is 0 Å². The van der Waals surface area contributed by atoms with Gasteiger partial charge in [0.1, 0.15) is 5.76 Å². The van der Waals surface area contributed by atoms with Crippen molar-refractivity contribution in [3.8, 4) is 0 Å². The first kappa shape index (κ1) is 16.7. The summed E-state index contributed by atoms with van der Waals surface area (Å²) in [6.45, 7) is 5.63. The van der Waals surface area contributed by atoms with Gasteiger partial charge in [-0.2, -0.15) is 0 Å².